The predicted octanol–water partition coefficient (Wildman–Crippen LogP) is -0.718. The van der Waals surface area contributed by atoms with E-state index in [1.54, 1.807) is 12.5 Å². The van der Waals surface area contributed by atoms with E-state index in [4.69, 9.17) is 5.73 Å². The molecule has 11 heavy (non-hydrogen) atoms. The molecule has 0 aromatic carbocycles. The Hall–Kier alpha value is -0.870. The van der Waals surface area contributed by atoms with Gasteiger partial charge in [0.25, 0.3) is 0 Å². The van der Waals surface area contributed by atoms with E-state index in [0.29, 0.717) is 13.0 Å². The molecule has 4 heteroatoms. The fourth-order valence-electron chi connectivity index (χ4n) is 0.906. The largest absolute Gasteiger partial charge is 0.391 e. The number of imidazole rings is 1. The molecular formula is C7H13N3O. The monoisotopic (exact) mass is 155 g/mol. The summed E-state index contributed by atoms with van der Waals surface area (Å²) in [5.74, 6) is 0. The van der Waals surface area contributed by atoms with E-state index in [2.05, 4.69) is 4.98 Å². The van der Waals surface area contributed by atoms with E-state index in [0.717, 1.165) is 5.69 Å². The zero-order chi connectivity index (χ0) is 8.27. The SMILES string of the molecule is Cn1cncc1CC(O)CN. The van der Waals surface area contributed by atoms with Crippen LogP contribution in [0, 0.1) is 0 Å². The molecule has 0 fully saturated rings. The van der Waals surface area contributed by atoms with E-state index in [1.165, 1.54) is 0 Å². The van der Waals surface area contributed by atoms with Gasteiger partial charge in [-0.15, -0.1) is 0 Å². The summed E-state index contributed by atoms with van der Waals surface area (Å²) < 4.78 is 1.87. The number of nitrogens with two attached hydrogens (primary N) is 1. The van der Waals surface area contributed by atoms with E-state index in [9.17, 15) is 5.11 Å². The number of aromatic nitrogens is 2. The average Bonchev–Trinajstić information content (AvgIpc) is 2.37. The average molecular weight is 155 g/mol. The highest BCUT2D eigenvalue weighted by Crippen LogP contribution is 1.99. The lowest BCUT2D eigenvalue weighted by Crippen LogP contribution is -2.22. The second-order valence-corrected chi connectivity index (χ2v) is 2.59. The molecule has 3 N–H and O–H groups in total. The molecule has 1 aromatic heterocycles. The molecule has 0 radical (unpaired) electrons. The summed E-state index contributed by atoms with van der Waals surface area (Å²) in [5.41, 5.74) is 6.26. The highest BCUT2D eigenvalue weighted by atomic mass is 16.3. The first-order valence-electron chi connectivity index (χ1n) is 3.57. The van der Waals surface area contributed by atoms with Gasteiger partial charge in [-0.1, -0.05) is 0 Å². The zero-order valence-electron chi connectivity index (χ0n) is 6.57. The highest BCUT2D eigenvalue weighted by Gasteiger charge is 2.04. The highest BCUT2D eigenvalue weighted by molar-refractivity contribution is 4.99. The van der Waals surface area contributed by atoms with E-state index in [1.807, 2.05) is 11.6 Å². The Morgan fingerprint density at radius 3 is 3.00 bits per heavy atom. The Morgan fingerprint density at radius 1 is 1.82 bits per heavy atom. The van der Waals surface area contributed by atoms with Crippen LogP contribution in [-0.2, 0) is 13.5 Å². The molecule has 0 aliphatic rings. The minimum atomic E-state index is -0.453. The van der Waals surface area contributed by atoms with Crippen LogP contribution in [0.4, 0.5) is 0 Å². The summed E-state index contributed by atoms with van der Waals surface area (Å²) >= 11 is 0. The number of aliphatic hydroxyl groups is 1. The van der Waals surface area contributed by atoms with Crippen molar-refractivity contribution in [3.8, 4) is 0 Å². The van der Waals surface area contributed by atoms with Gasteiger partial charge in [0.2, 0.25) is 0 Å². The van der Waals surface area contributed by atoms with Gasteiger partial charge >= 0.3 is 0 Å². The van der Waals surface area contributed by atoms with Crippen LogP contribution in [0.1, 0.15) is 5.69 Å². The molecule has 0 saturated carbocycles. The van der Waals surface area contributed by atoms with Crippen LogP contribution in [0.3, 0.4) is 0 Å². The van der Waals surface area contributed by atoms with Gasteiger partial charge in [0.1, 0.15) is 0 Å². The minimum Gasteiger partial charge on any atom is -0.391 e. The van der Waals surface area contributed by atoms with Crippen LogP contribution in [0.25, 0.3) is 0 Å². The van der Waals surface area contributed by atoms with Gasteiger partial charge in [-0.05, 0) is 0 Å². The Labute approximate surface area is 65.7 Å². The molecule has 1 atom stereocenters. The van der Waals surface area contributed by atoms with Crippen LogP contribution >= 0.6 is 0 Å². The summed E-state index contributed by atoms with van der Waals surface area (Å²) in [7, 11) is 1.89. The summed E-state index contributed by atoms with van der Waals surface area (Å²) in [4.78, 5) is 3.92. The van der Waals surface area contributed by atoms with Crippen molar-refractivity contribution in [3.05, 3.63) is 18.2 Å². The minimum absolute atomic E-state index is 0.297. The third kappa shape index (κ3) is 2.03. The Bertz CT molecular complexity index is 221. The molecular weight excluding hydrogens is 142 g/mol. The van der Waals surface area contributed by atoms with Crippen LogP contribution < -0.4 is 5.73 Å². The first kappa shape index (κ1) is 8.23. The lowest BCUT2D eigenvalue weighted by molar-refractivity contribution is 0.181. The van der Waals surface area contributed by atoms with E-state index >= 15 is 0 Å². The molecule has 0 spiro atoms. The molecule has 0 saturated heterocycles. The third-order valence-corrected chi connectivity index (χ3v) is 1.63. The van der Waals surface area contributed by atoms with Crippen molar-refractivity contribution in [1.29, 1.82) is 0 Å². The first-order chi connectivity index (χ1) is 5.24. The fraction of sp³-hybridized carbons (Fsp3) is 0.571. The quantitative estimate of drug-likeness (QED) is 0.605. The summed E-state index contributed by atoms with van der Waals surface area (Å²) in [6.07, 6.45) is 3.56. The molecule has 4 nitrogen and oxygen atoms in total. The molecule has 1 aromatic rings. The number of aryl methyl sites for hydroxylation is 1. The van der Waals surface area contributed by atoms with Gasteiger partial charge in [-0.2, -0.15) is 0 Å². The van der Waals surface area contributed by atoms with Gasteiger partial charge in [0, 0.05) is 31.9 Å². The first-order valence-corrected chi connectivity index (χ1v) is 3.57. The Morgan fingerprint density at radius 2 is 2.55 bits per heavy atom. The Balaban J connectivity index is 2.56. The summed E-state index contributed by atoms with van der Waals surface area (Å²) in [6, 6.07) is 0. The van der Waals surface area contributed by atoms with Crippen molar-refractivity contribution in [1.82, 2.24) is 9.55 Å². The molecule has 0 aliphatic heterocycles. The maximum atomic E-state index is 9.19. The van der Waals surface area contributed by atoms with Crippen LogP contribution in [-0.4, -0.2) is 27.3 Å². The standard InChI is InChI=1S/C7H13N3O/c1-10-5-9-4-6(10)2-7(11)3-8/h4-5,7,11H,2-3,8H2,1H3. The lowest BCUT2D eigenvalue weighted by Gasteiger charge is -2.06. The van der Waals surface area contributed by atoms with Crippen molar-refractivity contribution in [3.63, 3.8) is 0 Å². The van der Waals surface area contributed by atoms with Gasteiger partial charge in [0.15, 0.2) is 0 Å². The van der Waals surface area contributed by atoms with E-state index < -0.39 is 6.10 Å². The molecule has 1 unspecified atom stereocenters. The van der Waals surface area contributed by atoms with Crippen LogP contribution in [0.2, 0.25) is 0 Å². The number of nitrogens with zero attached hydrogens (tertiary/aromatic N) is 2. The molecule has 0 amide bonds. The second kappa shape index (κ2) is 3.50. The normalized spacial score (nSPS) is 13.4. The van der Waals surface area contributed by atoms with Crippen molar-refractivity contribution in [2.24, 2.45) is 12.8 Å². The number of aliphatic hydroxyl groups excluding tert-OH is 1. The number of rotatable bonds is 3. The fourth-order valence-corrected chi connectivity index (χ4v) is 0.906. The smallest absolute Gasteiger partial charge is 0.0945 e. The van der Waals surface area contributed by atoms with Crippen molar-refractivity contribution < 1.29 is 5.11 Å². The van der Waals surface area contributed by atoms with Crippen molar-refractivity contribution in [2.75, 3.05) is 6.54 Å². The third-order valence-electron chi connectivity index (χ3n) is 1.63. The Kier molecular flexibility index (Phi) is 2.62. The van der Waals surface area contributed by atoms with Gasteiger partial charge in [-0.3, -0.25) is 0 Å². The molecule has 1 heterocycles. The molecule has 0 bridgehead atoms. The maximum Gasteiger partial charge on any atom is 0.0945 e. The van der Waals surface area contributed by atoms with Gasteiger partial charge in [-0.25, -0.2) is 4.98 Å². The summed E-state index contributed by atoms with van der Waals surface area (Å²) in [5, 5.41) is 9.19. The molecule has 0 aliphatic carbocycles. The second-order valence-electron chi connectivity index (χ2n) is 2.59. The zero-order valence-corrected chi connectivity index (χ0v) is 6.57. The van der Waals surface area contributed by atoms with Crippen molar-refractivity contribution >= 4 is 0 Å². The molecule has 62 valence electrons. The lowest BCUT2D eigenvalue weighted by atomic mass is 10.2. The number of hydrogen-bond donors (Lipinski definition) is 2. The van der Waals surface area contributed by atoms with E-state index in [-0.39, 0.29) is 0 Å². The van der Waals surface area contributed by atoms with Crippen LogP contribution in [0.5, 0.6) is 0 Å². The summed E-state index contributed by atoms with van der Waals surface area (Å²) in [6.45, 7) is 0.297. The maximum absolute atomic E-state index is 9.19. The predicted molar refractivity (Wildman–Crippen MR) is 42.0 cm³/mol. The van der Waals surface area contributed by atoms with Crippen LogP contribution in [0.15, 0.2) is 12.5 Å². The van der Waals surface area contributed by atoms with Crippen molar-refractivity contribution in [2.45, 2.75) is 12.5 Å². The topological polar surface area (TPSA) is 64.1 Å². The number of hydrogen-bond acceptors (Lipinski definition) is 3. The van der Waals surface area contributed by atoms with Gasteiger partial charge < -0.3 is 15.4 Å². The van der Waals surface area contributed by atoms with Gasteiger partial charge in [0.05, 0.1) is 12.4 Å². The molecule has 1 rings (SSSR count).